The zero-order valence-electron chi connectivity index (χ0n) is 16.1. The predicted octanol–water partition coefficient (Wildman–Crippen LogP) is 5.62. The molecule has 0 aliphatic carbocycles. The maximum atomic E-state index is 9.86. The van der Waals surface area contributed by atoms with Crippen molar-refractivity contribution < 1.29 is 0 Å². The van der Waals surface area contributed by atoms with Crippen molar-refractivity contribution >= 4 is 28.2 Å². The molecule has 0 spiro atoms. The van der Waals surface area contributed by atoms with Crippen LogP contribution in [0.4, 0.5) is 0 Å². The first-order valence-electron chi connectivity index (χ1n) is 8.90. The molecule has 0 amide bonds. The fraction of sp³-hybridized carbons (Fsp3) is 0.273. The minimum absolute atomic E-state index is 0.129. The number of nitrogens with zero attached hydrogens (tertiary/aromatic N) is 4. The monoisotopic (exact) mass is 376 g/mol. The molecule has 0 saturated heterocycles. The minimum atomic E-state index is -0.129. The summed E-state index contributed by atoms with van der Waals surface area (Å²) in [6.45, 7) is 8.26. The predicted molar refractivity (Wildman–Crippen MR) is 110 cm³/mol. The number of aromatic nitrogens is 3. The maximum absolute atomic E-state index is 9.86. The van der Waals surface area contributed by atoms with Crippen LogP contribution < -0.4 is 0 Å². The summed E-state index contributed by atoms with van der Waals surface area (Å²) in [5, 5.41) is 11.6. The van der Waals surface area contributed by atoms with Crippen LogP contribution in [0.3, 0.4) is 0 Å². The van der Waals surface area contributed by atoms with E-state index in [1.54, 1.807) is 0 Å². The quantitative estimate of drug-likeness (QED) is 0.404. The molecule has 0 aliphatic rings. The van der Waals surface area contributed by atoms with Crippen molar-refractivity contribution in [2.75, 3.05) is 0 Å². The Morgan fingerprint density at radius 2 is 1.85 bits per heavy atom. The third-order valence-electron chi connectivity index (χ3n) is 5.14. The largest absolute Gasteiger partial charge is 0.350 e. The molecule has 0 aliphatic heterocycles. The number of fused-ring (bicyclic) bond motifs is 2. The van der Waals surface area contributed by atoms with E-state index < -0.39 is 0 Å². The average Bonchev–Trinajstić information content (AvgIpc) is 3.19. The highest BCUT2D eigenvalue weighted by Gasteiger charge is 2.24. The second-order valence-electron chi connectivity index (χ2n) is 8.02. The zero-order chi connectivity index (χ0) is 19.5. The van der Waals surface area contributed by atoms with Gasteiger partial charge in [-0.15, -0.1) is 0 Å². The van der Waals surface area contributed by atoms with Gasteiger partial charge in [-0.25, -0.2) is 4.98 Å². The van der Waals surface area contributed by atoms with Gasteiger partial charge in [-0.2, -0.15) is 5.26 Å². The van der Waals surface area contributed by atoms with E-state index in [2.05, 4.69) is 49.7 Å². The van der Waals surface area contributed by atoms with E-state index in [4.69, 9.17) is 16.6 Å². The number of halogens is 1. The molecule has 4 aromatic rings. The molecular weight excluding hydrogens is 356 g/mol. The Hall–Kier alpha value is -2.77. The number of hydrogen-bond donors (Lipinski definition) is 0. The first-order chi connectivity index (χ1) is 12.7. The summed E-state index contributed by atoms with van der Waals surface area (Å²) < 4.78 is 3.94. The Kier molecular flexibility index (Phi) is 3.83. The summed E-state index contributed by atoms with van der Waals surface area (Å²) in [5.41, 5.74) is 5.87. The molecule has 3 heterocycles. The number of benzene rings is 1. The van der Waals surface area contributed by atoms with E-state index in [-0.39, 0.29) is 5.41 Å². The van der Waals surface area contributed by atoms with Crippen molar-refractivity contribution in [2.45, 2.75) is 33.1 Å². The number of pyridine rings is 1. The van der Waals surface area contributed by atoms with Crippen LogP contribution in [0.1, 0.15) is 37.6 Å². The number of imidazole rings is 1. The lowest BCUT2D eigenvalue weighted by atomic mass is 9.93. The normalized spacial score (nSPS) is 12.0. The van der Waals surface area contributed by atoms with Gasteiger partial charge in [0.05, 0.1) is 11.3 Å². The summed E-state index contributed by atoms with van der Waals surface area (Å²) in [5.74, 6) is 0. The number of nitriles is 1. The van der Waals surface area contributed by atoms with E-state index in [0.717, 1.165) is 33.3 Å². The molecule has 0 saturated carbocycles. The van der Waals surface area contributed by atoms with Crippen LogP contribution in [0.2, 0.25) is 5.15 Å². The second-order valence-corrected chi connectivity index (χ2v) is 8.38. The van der Waals surface area contributed by atoms with Crippen LogP contribution in [0.15, 0.2) is 36.7 Å². The Bertz CT molecular complexity index is 1250. The Morgan fingerprint density at radius 3 is 2.52 bits per heavy atom. The van der Waals surface area contributed by atoms with Gasteiger partial charge in [-0.1, -0.05) is 50.6 Å². The smallest absolute Gasteiger partial charge is 0.156 e. The van der Waals surface area contributed by atoms with Crippen LogP contribution in [0.5, 0.6) is 0 Å². The molecule has 0 fully saturated rings. The Labute approximate surface area is 163 Å². The molecule has 0 atom stereocenters. The van der Waals surface area contributed by atoms with Crippen LogP contribution in [0.25, 0.3) is 27.7 Å². The first-order valence-corrected chi connectivity index (χ1v) is 9.28. The van der Waals surface area contributed by atoms with Gasteiger partial charge >= 0.3 is 0 Å². The Morgan fingerprint density at radius 1 is 1.15 bits per heavy atom. The highest BCUT2D eigenvalue weighted by atomic mass is 35.5. The molecule has 5 heteroatoms. The van der Waals surface area contributed by atoms with Gasteiger partial charge in [0, 0.05) is 46.9 Å². The van der Waals surface area contributed by atoms with Crippen molar-refractivity contribution in [3.8, 4) is 17.2 Å². The zero-order valence-corrected chi connectivity index (χ0v) is 16.9. The van der Waals surface area contributed by atoms with Crippen molar-refractivity contribution in [1.82, 2.24) is 14.0 Å². The first kappa shape index (κ1) is 17.6. The van der Waals surface area contributed by atoms with Crippen LogP contribution in [-0.4, -0.2) is 14.0 Å². The number of rotatable bonds is 1. The lowest BCUT2D eigenvalue weighted by molar-refractivity contribution is 0.573. The fourth-order valence-corrected chi connectivity index (χ4v) is 4.00. The summed E-state index contributed by atoms with van der Waals surface area (Å²) >= 11 is 6.89. The average molecular weight is 377 g/mol. The van der Waals surface area contributed by atoms with Crippen molar-refractivity contribution in [2.24, 2.45) is 7.05 Å². The van der Waals surface area contributed by atoms with Crippen molar-refractivity contribution in [3.05, 3.63) is 58.6 Å². The van der Waals surface area contributed by atoms with E-state index in [1.165, 1.54) is 0 Å². The summed E-state index contributed by atoms with van der Waals surface area (Å²) in [6, 6.07) is 10.6. The number of hydrogen-bond acceptors (Lipinski definition) is 2. The summed E-state index contributed by atoms with van der Waals surface area (Å²) in [4.78, 5) is 4.73. The molecule has 0 unspecified atom stereocenters. The van der Waals surface area contributed by atoms with Gasteiger partial charge in [-0.3, -0.25) is 4.40 Å². The van der Waals surface area contributed by atoms with Gasteiger partial charge < -0.3 is 4.57 Å². The highest BCUT2D eigenvalue weighted by molar-refractivity contribution is 6.33. The van der Waals surface area contributed by atoms with Crippen LogP contribution in [0, 0.1) is 18.3 Å². The van der Waals surface area contributed by atoms with Gasteiger partial charge in [0.25, 0.3) is 0 Å². The summed E-state index contributed by atoms with van der Waals surface area (Å²) in [7, 11) is 2.02. The van der Waals surface area contributed by atoms with Gasteiger partial charge in [0.2, 0.25) is 0 Å². The van der Waals surface area contributed by atoms with E-state index in [9.17, 15) is 5.26 Å². The molecule has 4 nitrogen and oxygen atoms in total. The summed E-state index contributed by atoms with van der Waals surface area (Å²) in [6.07, 6.45) is 4.03. The minimum Gasteiger partial charge on any atom is -0.350 e. The highest BCUT2D eigenvalue weighted by Crippen LogP contribution is 2.40. The molecule has 1 aromatic carbocycles. The SMILES string of the molecule is Cc1c(-c2cn(C)c3ccccc23)c(Cl)n2cc(C(C)(C)C)nc2c1C#N. The lowest BCUT2D eigenvalue weighted by Crippen LogP contribution is -2.11. The molecule has 0 radical (unpaired) electrons. The second kappa shape index (κ2) is 5.87. The standard InChI is InChI=1S/C22H21ClN4/c1-13-15(10-24)21-25-18(22(2,3)4)12-27(21)20(23)19(13)16-11-26(5)17-9-7-6-8-14(16)17/h6-9,11-12H,1-5H3. The van der Waals surface area contributed by atoms with Crippen molar-refractivity contribution in [3.63, 3.8) is 0 Å². The van der Waals surface area contributed by atoms with Gasteiger partial charge in [0.15, 0.2) is 5.65 Å². The van der Waals surface area contributed by atoms with E-state index >= 15 is 0 Å². The molecule has 136 valence electrons. The van der Waals surface area contributed by atoms with E-state index in [0.29, 0.717) is 16.4 Å². The van der Waals surface area contributed by atoms with E-state index in [1.807, 2.05) is 36.7 Å². The third-order valence-corrected chi connectivity index (χ3v) is 5.51. The Balaban J connectivity index is 2.14. The van der Waals surface area contributed by atoms with Gasteiger partial charge in [-0.05, 0) is 18.6 Å². The van der Waals surface area contributed by atoms with Crippen molar-refractivity contribution in [1.29, 1.82) is 5.26 Å². The molecule has 4 rings (SSSR count). The molecular formula is C22H21ClN4. The maximum Gasteiger partial charge on any atom is 0.156 e. The van der Waals surface area contributed by atoms with Crippen LogP contribution in [-0.2, 0) is 12.5 Å². The number of para-hydroxylation sites is 1. The van der Waals surface area contributed by atoms with Crippen LogP contribution >= 0.6 is 11.6 Å². The molecule has 0 N–H and O–H groups in total. The molecule has 27 heavy (non-hydrogen) atoms. The number of aryl methyl sites for hydroxylation is 1. The fourth-order valence-electron chi connectivity index (χ4n) is 3.62. The molecule has 0 bridgehead atoms. The topological polar surface area (TPSA) is 46.0 Å². The lowest BCUT2D eigenvalue weighted by Gasteiger charge is -2.13. The van der Waals surface area contributed by atoms with Gasteiger partial charge in [0.1, 0.15) is 11.2 Å². The molecule has 3 aromatic heterocycles. The third kappa shape index (κ3) is 2.54.